The van der Waals surface area contributed by atoms with Gasteiger partial charge in [-0.2, -0.15) is 4.80 Å². The first kappa shape index (κ1) is 11.2. The average molecular weight is 245 g/mol. The van der Waals surface area contributed by atoms with Crippen molar-refractivity contribution in [3.05, 3.63) is 35.2 Å². The number of aromatic nitrogens is 4. The second-order valence-corrected chi connectivity index (χ2v) is 4.54. The van der Waals surface area contributed by atoms with E-state index in [-0.39, 0.29) is 6.04 Å². The van der Waals surface area contributed by atoms with Crippen molar-refractivity contribution in [1.82, 2.24) is 25.5 Å². The molecule has 0 aliphatic carbocycles. The van der Waals surface area contributed by atoms with Gasteiger partial charge in [-0.3, -0.25) is 0 Å². The van der Waals surface area contributed by atoms with Crippen molar-refractivity contribution in [3.63, 3.8) is 0 Å². The summed E-state index contributed by atoms with van der Waals surface area (Å²) in [5.74, 6) is 1.01. The van der Waals surface area contributed by atoms with E-state index in [4.69, 9.17) is 0 Å². The van der Waals surface area contributed by atoms with Gasteiger partial charge in [0.2, 0.25) is 0 Å². The molecule has 94 valence electrons. The SMILES string of the molecule is Cn1nnc(CC2NCCc3ccc(O)cc32)n1. The fourth-order valence-electron chi connectivity index (χ4n) is 2.40. The highest BCUT2D eigenvalue weighted by Crippen LogP contribution is 2.28. The van der Waals surface area contributed by atoms with Crippen LogP contribution in [0.2, 0.25) is 0 Å². The van der Waals surface area contributed by atoms with Gasteiger partial charge in [-0.1, -0.05) is 6.07 Å². The largest absolute Gasteiger partial charge is 0.508 e. The molecule has 0 amide bonds. The second-order valence-electron chi connectivity index (χ2n) is 4.54. The molecule has 0 fully saturated rings. The fraction of sp³-hybridized carbons (Fsp3) is 0.417. The summed E-state index contributed by atoms with van der Waals surface area (Å²) in [5.41, 5.74) is 2.41. The normalized spacial score (nSPS) is 18.6. The minimum Gasteiger partial charge on any atom is -0.508 e. The molecule has 1 aliphatic heterocycles. The summed E-state index contributed by atoms with van der Waals surface area (Å²) in [6, 6.07) is 5.69. The molecule has 1 atom stereocenters. The van der Waals surface area contributed by atoms with Gasteiger partial charge in [-0.15, -0.1) is 10.2 Å². The molecule has 0 bridgehead atoms. The summed E-state index contributed by atoms with van der Waals surface area (Å²) in [6.07, 6.45) is 1.67. The number of phenols is 1. The summed E-state index contributed by atoms with van der Waals surface area (Å²) in [4.78, 5) is 1.46. The van der Waals surface area contributed by atoms with Crippen molar-refractivity contribution in [2.75, 3.05) is 6.54 Å². The summed E-state index contributed by atoms with van der Waals surface area (Å²) in [7, 11) is 1.75. The van der Waals surface area contributed by atoms with Crippen LogP contribution in [-0.4, -0.2) is 31.9 Å². The Bertz CT molecular complexity index is 565. The number of hydrogen-bond donors (Lipinski definition) is 2. The van der Waals surface area contributed by atoms with Gasteiger partial charge in [-0.05, 0) is 41.4 Å². The zero-order chi connectivity index (χ0) is 12.5. The predicted octanol–water partition coefficient (Wildman–Crippen LogP) is 0.345. The number of nitrogens with one attached hydrogen (secondary N) is 1. The molecule has 2 heterocycles. The Kier molecular flexibility index (Phi) is 2.71. The van der Waals surface area contributed by atoms with Crippen LogP contribution >= 0.6 is 0 Å². The van der Waals surface area contributed by atoms with Crippen LogP contribution in [0.5, 0.6) is 5.75 Å². The van der Waals surface area contributed by atoms with Gasteiger partial charge >= 0.3 is 0 Å². The lowest BCUT2D eigenvalue weighted by atomic mass is 9.92. The van der Waals surface area contributed by atoms with E-state index in [9.17, 15) is 5.11 Å². The summed E-state index contributed by atoms with van der Waals surface area (Å²) < 4.78 is 0. The maximum Gasteiger partial charge on any atom is 0.176 e. The van der Waals surface area contributed by atoms with Crippen LogP contribution in [0.4, 0.5) is 0 Å². The molecule has 3 rings (SSSR count). The third-order valence-electron chi connectivity index (χ3n) is 3.23. The third kappa shape index (κ3) is 2.06. The number of phenolic OH excluding ortho intramolecular Hbond substituents is 1. The molecule has 1 unspecified atom stereocenters. The van der Waals surface area contributed by atoms with Gasteiger partial charge in [0, 0.05) is 12.5 Å². The Morgan fingerprint density at radius 1 is 1.50 bits per heavy atom. The van der Waals surface area contributed by atoms with Gasteiger partial charge in [0.25, 0.3) is 0 Å². The minimum atomic E-state index is 0.144. The fourth-order valence-corrected chi connectivity index (χ4v) is 2.40. The Hall–Kier alpha value is -1.95. The third-order valence-corrected chi connectivity index (χ3v) is 3.23. The quantitative estimate of drug-likeness (QED) is 0.798. The Morgan fingerprint density at radius 3 is 3.17 bits per heavy atom. The van der Waals surface area contributed by atoms with Crippen LogP contribution in [0.15, 0.2) is 18.2 Å². The first-order chi connectivity index (χ1) is 8.72. The second kappa shape index (κ2) is 4.38. The maximum atomic E-state index is 9.60. The number of hydrogen-bond acceptors (Lipinski definition) is 5. The first-order valence-electron chi connectivity index (χ1n) is 6.00. The molecule has 0 saturated carbocycles. The lowest BCUT2D eigenvalue weighted by Gasteiger charge is -2.26. The van der Waals surface area contributed by atoms with E-state index < -0.39 is 0 Å². The molecular formula is C12H15N5O. The van der Waals surface area contributed by atoms with E-state index in [0.29, 0.717) is 18.0 Å². The average Bonchev–Trinajstić information content (AvgIpc) is 2.76. The summed E-state index contributed by atoms with van der Waals surface area (Å²) in [5, 5.41) is 25.1. The zero-order valence-electron chi connectivity index (χ0n) is 10.2. The lowest BCUT2D eigenvalue weighted by molar-refractivity contribution is 0.461. The molecular weight excluding hydrogens is 230 g/mol. The van der Waals surface area contributed by atoms with Gasteiger partial charge in [0.05, 0.1) is 7.05 Å². The van der Waals surface area contributed by atoms with Gasteiger partial charge < -0.3 is 10.4 Å². The minimum absolute atomic E-state index is 0.144. The zero-order valence-corrected chi connectivity index (χ0v) is 10.2. The Morgan fingerprint density at radius 2 is 2.39 bits per heavy atom. The molecule has 1 aromatic heterocycles. The monoisotopic (exact) mass is 245 g/mol. The smallest absolute Gasteiger partial charge is 0.176 e. The number of benzene rings is 1. The highest BCUT2D eigenvalue weighted by atomic mass is 16.3. The van der Waals surface area contributed by atoms with Crippen molar-refractivity contribution in [3.8, 4) is 5.75 Å². The number of aryl methyl sites for hydroxylation is 1. The van der Waals surface area contributed by atoms with Crippen LogP contribution in [0.3, 0.4) is 0 Å². The first-order valence-corrected chi connectivity index (χ1v) is 6.00. The number of nitrogens with zero attached hydrogens (tertiary/aromatic N) is 4. The van der Waals surface area contributed by atoms with E-state index in [1.54, 1.807) is 13.1 Å². The number of tetrazole rings is 1. The van der Waals surface area contributed by atoms with Crippen molar-refractivity contribution in [2.24, 2.45) is 7.05 Å². The molecule has 6 nitrogen and oxygen atoms in total. The molecule has 1 aliphatic rings. The van der Waals surface area contributed by atoms with Crippen LogP contribution in [0.1, 0.15) is 23.0 Å². The van der Waals surface area contributed by atoms with E-state index in [1.165, 1.54) is 10.4 Å². The number of aromatic hydroxyl groups is 1. The molecule has 0 radical (unpaired) electrons. The van der Waals surface area contributed by atoms with Crippen LogP contribution in [-0.2, 0) is 19.9 Å². The van der Waals surface area contributed by atoms with Gasteiger partial charge in [-0.25, -0.2) is 0 Å². The topological polar surface area (TPSA) is 75.9 Å². The highest BCUT2D eigenvalue weighted by Gasteiger charge is 2.21. The molecule has 18 heavy (non-hydrogen) atoms. The highest BCUT2D eigenvalue weighted by molar-refractivity contribution is 5.39. The van der Waals surface area contributed by atoms with Gasteiger partial charge in [0.15, 0.2) is 5.82 Å². The molecule has 2 N–H and O–H groups in total. The van der Waals surface area contributed by atoms with Crippen LogP contribution < -0.4 is 5.32 Å². The van der Waals surface area contributed by atoms with Crippen molar-refractivity contribution in [1.29, 1.82) is 0 Å². The van der Waals surface area contributed by atoms with E-state index in [0.717, 1.165) is 18.5 Å². The lowest BCUT2D eigenvalue weighted by Crippen LogP contribution is -2.31. The molecule has 0 spiro atoms. The molecule has 0 saturated heterocycles. The van der Waals surface area contributed by atoms with Crippen molar-refractivity contribution >= 4 is 0 Å². The molecule has 2 aromatic rings. The Labute approximate surface area is 105 Å². The number of fused-ring (bicyclic) bond motifs is 1. The Balaban J connectivity index is 1.88. The van der Waals surface area contributed by atoms with Crippen molar-refractivity contribution in [2.45, 2.75) is 18.9 Å². The summed E-state index contributed by atoms with van der Waals surface area (Å²) >= 11 is 0. The summed E-state index contributed by atoms with van der Waals surface area (Å²) in [6.45, 7) is 0.933. The standard InChI is InChI=1S/C12H15N5O/c1-17-15-12(14-16-17)7-11-10-6-9(18)3-2-8(10)4-5-13-11/h2-3,6,11,13,18H,4-5,7H2,1H3. The van der Waals surface area contributed by atoms with Crippen molar-refractivity contribution < 1.29 is 5.11 Å². The molecule has 1 aromatic carbocycles. The van der Waals surface area contributed by atoms with E-state index in [2.05, 4.69) is 20.7 Å². The predicted molar refractivity (Wildman–Crippen MR) is 65.1 cm³/mol. The van der Waals surface area contributed by atoms with E-state index >= 15 is 0 Å². The number of rotatable bonds is 2. The van der Waals surface area contributed by atoms with E-state index in [1.807, 2.05) is 12.1 Å². The molecule has 6 heteroatoms. The van der Waals surface area contributed by atoms with Crippen LogP contribution in [0, 0.1) is 0 Å². The maximum absolute atomic E-state index is 9.60. The van der Waals surface area contributed by atoms with Gasteiger partial charge in [0.1, 0.15) is 5.75 Å². The van der Waals surface area contributed by atoms with Crippen LogP contribution in [0.25, 0.3) is 0 Å².